The summed E-state index contributed by atoms with van der Waals surface area (Å²) < 4.78 is 0. The molecule has 1 aromatic rings. The van der Waals surface area contributed by atoms with Gasteiger partial charge in [0.2, 0.25) is 0 Å². The van der Waals surface area contributed by atoms with Crippen molar-refractivity contribution < 1.29 is 0 Å². The topological polar surface area (TPSA) is 27.6 Å². The van der Waals surface area contributed by atoms with Gasteiger partial charge in [-0.15, -0.1) is 12.4 Å². The summed E-state index contributed by atoms with van der Waals surface area (Å²) in [7, 11) is 0. The van der Waals surface area contributed by atoms with Gasteiger partial charge in [-0.3, -0.25) is 4.90 Å². The van der Waals surface area contributed by atoms with Crippen molar-refractivity contribution in [3.05, 3.63) is 35.4 Å². The van der Waals surface area contributed by atoms with Crippen molar-refractivity contribution in [2.45, 2.75) is 19.6 Å². The summed E-state index contributed by atoms with van der Waals surface area (Å²) >= 11 is 1.78. The maximum atomic E-state index is 4.51. The Morgan fingerprint density at radius 1 is 1.33 bits per heavy atom. The zero-order valence-electron chi connectivity index (χ0n) is 10.8. The van der Waals surface area contributed by atoms with Crippen LogP contribution < -0.4 is 5.32 Å². The first-order chi connectivity index (χ1) is 8.28. The van der Waals surface area contributed by atoms with Gasteiger partial charge in [0.1, 0.15) is 0 Å². The number of nitrogens with zero attached hydrogens (tertiary/aromatic N) is 2. The number of aliphatic imine (C=N–C) groups is 1. The molecule has 0 saturated carbocycles. The van der Waals surface area contributed by atoms with Crippen LogP contribution in [0.4, 0.5) is 0 Å². The largest absolute Gasteiger partial charge is 0.352 e. The van der Waals surface area contributed by atoms with E-state index in [4.69, 9.17) is 0 Å². The number of nitrogens with one attached hydrogen (secondary N) is 1. The van der Waals surface area contributed by atoms with E-state index in [1.165, 1.54) is 11.1 Å². The third-order valence-electron chi connectivity index (χ3n) is 2.81. The zero-order chi connectivity index (χ0) is 12.1. The minimum atomic E-state index is 0. The maximum Gasteiger partial charge on any atom is 0.159 e. The molecule has 3 nitrogen and oxygen atoms in total. The normalized spacial score (nSPS) is 15.6. The van der Waals surface area contributed by atoms with Crippen molar-refractivity contribution in [2.24, 2.45) is 4.99 Å². The molecule has 0 saturated heterocycles. The zero-order valence-corrected chi connectivity index (χ0v) is 12.5. The summed E-state index contributed by atoms with van der Waals surface area (Å²) in [6.07, 6.45) is 0. The van der Waals surface area contributed by atoms with E-state index in [9.17, 15) is 0 Å². The molecule has 0 spiro atoms. The number of amidine groups is 1. The fourth-order valence-corrected chi connectivity index (χ4v) is 2.41. The summed E-state index contributed by atoms with van der Waals surface area (Å²) in [6.45, 7) is 7.05. The predicted molar refractivity (Wildman–Crippen MR) is 82.4 cm³/mol. The Labute approximate surface area is 119 Å². The molecule has 18 heavy (non-hydrogen) atoms. The van der Waals surface area contributed by atoms with E-state index in [1.807, 2.05) is 0 Å². The molecule has 0 bridgehead atoms. The molecule has 0 fully saturated rings. The van der Waals surface area contributed by atoms with Crippen LogP contribution in [0.5, 0.6) is 0 Å². The lowest BCUT2D eigenvalue weighted by Crippen LogP contribution is -2.41. The highest BCUT2D eigenvalue weighted by Gasteiger charge is 2.10. The van der Waals surface area contributed by atoms with Gasteiger partial charge in [0.05, 0.1) is 13.3 Å². The number of halogens is 1. The Balaban J connectivity index is 0.00000162. The first-order valence-electron chi connectivity index (χ1n) is 5.97. The van der Waals surface area contributed by atoms with Crippen LogP contribution in [0.15, 0.2) is 29.3 Å². The SMILES string of the molecule is CCN1CN=C(SCc2ccc(C)cc2)NC1.Cl. The number of hydrogen-bond donors (Lipinski definition) is 1. The second-order valence-electron chi connectivity index (χ2n) is 4.20. The molecule has 0 unspecified atom stereocenters. The minimum Gasteiger partial charge on any atom is -0.352 e. The number of hydrogen-bond acceptors (Lipinski definition) is 4. The van der Waals surface area contributed by atoms with Crippen LogP contribution in [0.3, 0.4) is 0 Å². The van der Waals surface area contributed by atoms with Crippen molar-refractivity contribution in [3.8, 4) is 0 Å². The second-order valence-corrected chi connectivity index (χ2v) is 5.16. The molecule has 0 radical (unpaired) electrons. The van der Waals surface area contributed by atoms with Crippen molar-refractivity contribution in [2.75, 3.05) is 19.9 Å². The molecule has 0 aromatic heterocycles. The predicted octanol–water partition coefficient (Wildman–Crippen LogP) is 2.85. The van der Waals surface area contributed by atoms with Crippen molar-refractivity contribution in [3.63, 3.8) is 0 Å². The van der Waals surface area contributed by atoms with Crippen LogP contribution in [0.25, 0.3) is 0 Å². The molecule has 0 amide bonds. The lowest BCUT2D eigenvalue weighted by Gasteiger charge is -2.24. The quantitative estimate of drug-likeness (QED) is 0.925. The lowest BCUT2D eigenvalue weighted by atomic mass is 10.2. The average molecular weight is 286 g/mol. The molecule has 2 rings (SSSR count). The van der Waals surface area contributed by atoms with E-state index in [2.05, 4.69) is 53.3 Å². The van der Waals surface area contributed by atoms with Crippen molar-refractivity contribution in [1.82, 2.24) is 10.2 Å². The van der Waals surface area contributed by atoms with Gasteiger partial charge in [-0.2, -0.15) is 0 Å². The number of benzene rings is 1. The molecule has 100 valence electrons. The average Bonchev–Trinajstić information content (AvgIpc) is 2.39. The molecule has 1 heterocycles. The minimum absolute atomic E-state index is 0. The van der Waals surface area contributed by atoms with E-state index in [0.29, 0.717) is 0 Å². The second kappa shape index (κ2) is 7.67. The fourth-order valence-electron chi connectivity index (χ4n) is 1.59. The monoisotopic (exact) mass is 285 g/mol. The third-order valence-corrected chi connectivity index (χ3v) is 3.84. The number of thioether (sulfide) groups is 1. The Hall–Kier alpha value is -0.710. The van der Waals surface area contributed by atoms with Gasteiger partial charge < -0.3 is 5.32 Å². The Morgan fingerprint density at radius 2 is 2.06 bits per heavy atom. The van der Waals surface area contributed by atoms with Crippen LogP contribution >= 0.6 is 24.2 Å². The highest BCUT2D eigenvalue weighted by Crippen LogP contribution is 2.15. The van der Waals surface area contributed by atoms with Gasteiger partial charge in [0.15, 0.2) is 5.17 Å². The summed E-state index contributed by atoms with van der Waals surface area (Å²) in [5.74, 6) is 0.984. The van der Waals surface area contributed by atoms with Gasteiger partial charge in [-0.1, -0.05) is 48.5 Å². The molecule has 1 aliphatic rings. The van der Waals surface area contributed by atoms with Crippen LogP contribution in [0.2, 0.25) is 0 Å². The highest BCUT2D eigenvalue weighted by molar-refractivity contribution is 8.13. The number of aryl methyl sites for hydroxylation is 1. The van der Waals surface area contributed by atoms with E-state index in [0.717, 1.165) is 30.8 Å². The molecule has 1 aliphatic heterocycles. The highest BCUT2D eigenvalue weighted by atomic mass is 35.5. The Kier molecular flexibility index (Phi) is 6.54. The van der Waals surface area contributed by atoms with Gasteiger partial charge in [0, 0.05) is 5.75 Å². The fraction of sp³-hybridized carbons (Fsp3) is 0.462. The number of rotatable bonds is 3. The molecular weight excluding hydrogens is 266 g/mol. The lowest BCUT2D eigenvalue weighted by molar-refractivity contribution is 0.281. The first-order valence-corrected chi connectivity index (χ1v) is 6.95. The van der Waals surface area contributed by atoms with E-state index in [1.54, 1.807) is 11.8 Å². The molecule has 0 atom stereocenters. The van der Waals surface area contributed by atoms with E-state index < -0.39 is 0 Å². The molecule has 0 aliphatic carbocycles. The van der Waals surface area contributed by atoms with E-state index in [-0.39, 0.29) is 12.4 Å². The summed E-state index contributed by atoms with van der Waals surface area (Å²) in [5.41, 5.74) is 2.66. The molecular formula is C13H20ClN3S. The Morgan fingerprint density at radius 3 is 2.61 bits per heavy atom. The molecule has 1 aromatic carbocycles. The van der Waals surface area contributed by atoms with Gasteiger partial charge in [-0.05, 0) is 19.0 Å². The Bertz CT molecular complexity index is 392. The van der Waals surface area contributed by atoms with E-state index >= 15 is 0 Å². The summed E-state index contributed by atoms with van der Waals surface area (Å²) in [4.78, 5) is 6.77. The van der Waals surface area contributed by atoms with Crippen LogP contribution in [-0.2, 0) is 5.75 Å². The third kappa shape index (κ3) is 4.52. The van der Waals surface area contributed by atoms with Crippen LogP contribution in [-0.4, -0.2) is 29.9 Å². The standard InChI is InChI=1S/C13H19N3S.ClH/c1-3-16-9-14-13(15-10-16)17-8-12-6-4-11(2)5-7-12;/h4-7H,3,8-10H2,1-2H3,(H,14,15);1H. The van der Waals surface area contributed by atoms with Crippen molar-refractivity contribution in [1.29, 1.82) is 0 Å². The first kappa shape index (κ1) is 15.3. The maximum absolute atomic E-state index is 4.51. The van der Waals surface area contributed by atoms with Gasteiger partial charge >= 0.3 is 0 Å². The van der Waals surface area contributed by atoms with Gasteiger partial charge in [0.25, 0.3) is 0 Å². The molecule has 1 N–H and O–H groups in total. The molecule has 5 heteroatoms. The van der Waals surface area contributed by atoms with Crippen molar-refractivity contribution >= 4 is 29.3 Å². The van der Waals surface area contributed by atoms with Crippen LogP contribution in [0.1, 0.15) is 18.1 Å². The smallest absolute Gasteiger partial charge is 0.159 e. The van der Waals surface area contributed by atoms with Gasteiger partial charge in [-0.25, -0.2) is 4.99 Å². The summed E-state index contributed by atoms with van der Waals surface area (Å²) in [6, 6.07) is 8.68. The summed E-state index contributed by atoms with van der Waals surface area (Å²) in [5, 5.41) is 4.41. The van der Waals surface area contributed by atoms with Crippen LogP contribution in [0, 0.1) is 6.92 Å².